The second-order valence-electron chi connectivity index (χ2n) is 4.56. The number of nitrogens with one attached hydrogen (secondary N) is 2. The number of thiazole rings is 1. The van der Waals surface area contributed by atoms with Gasteiger partial charge in [-0.1, -0.05) is 23.5 Å². The summed E-state index contributed by atoms with van der Waals surface area (Å²) in [5, 5.41) is 7.93. The lowest BCUT2D eigenvalue weighted by Gasteiger charge is -1.99. The van der Waals surface area contributed by atoms with Gasteiger partial charge < -0.3 is 0 Å². The van der Waals surface area contributed by atoms with Crippen molar-refractivity contribution in [2.24, 2.45) is 0 Å². The smallest absolute Gasteiger partial charge is 0.296 e. The average molecular weight is 326 g/mol. The van der Waals surface area contributed by atoms with Gasteiger partial charge in [0.05, 0.1) is 10.2 Å². The highest BCUT2D eigenvalue weighted by Gasteiger charge is 2.33. The van der Waals surface area contributed by atoms with E-state index in [0.29, 0.717) is 11.2 Å². The number of halogens is 3. The molecule has 9 heteroatoms. The molecule has 3 rings (SSSR count). The zero-order chi connectivity index (χ0) is 15.9. The maximum Gasteiger partial charge on any atom is 0.432 e. The van der Waals surface area contributed by atoms with E-state index in [9.17, 15) is 18.0 Å². The van der Waals surface area contributed by atoms with Gasteiger partial charge in [0.15, 0.2) is 10.8 Å². The minimum absolute atomic E-state index is 0.311. The van der Waals surface area contributed by atoms with E-state index in [1.54, 1.807) is 5.10 Å². The number of fused-ring (bicyclic) bond motifs is 1. The molecular formula is C13H9F3N4OS. The number of rotatable bonds is 2. The molecule has 0 saturated heterocycles. The summed E-state index contributed by atoms with van der Waals surface area (Å²) < 4.78 is 38.3. The van der Waals surface area contributed by atoms with Crippen LogP contribution in [0.4, 0.5) is 18.3 Å². The van der Waals surface area contributed by atoms with E-state index in [2.05, 4.69) is 15.4 Å². The summed E-state index contributed by atoms with van der Waals surface area (Å²) in [7, 11) is 0. The first kappa shape index (κ1) is 14.5. The fourth-order valence-corrected chi connectivity index (χ4v) is 2.82. The highest BCUT2D eigenvalue weighted by Crippen LogP contribution is 2.29. The van der Waals surface area contributed by atoms with E-state index >= 15 is 0 Å². The molecule has 2 heterocycles. The van der Waals surface area contributed by atoms with Crippen molar-refractivity contribution in [2.75, 3.05) is 5.32 Å². The summed E-state index contributed by atoms with van der Waals surface area (Å²) in [6.45, 7) is 1.89. The number of aromatic nitrogens is 3. The zero-order valence-electron chi connectivity index (χ0n) is 11.2. The standard InChI is InChI=1S/C13H9F3N4OS/c1-6-3-2-4-8-10(6)17-12(22-8)18-11(21)7-5-9(20-19-7)13(14,15)16/h2-5H,1H3,(H,19,20)(H,17,18,21). The van der Waals surface area contributed by atoms with Crippen LogP contribution in [0.15, 0.2) is 24.3 Å². The number of nitrogens with zero attached hydrogens (tertiary/aromatic N) is 2. The Morgan fingerprint density at radius 2 is 2.14 bits per heavy atom. The summed E-state index contributed by atoms with van der Waals surface area (Å²) >= 11 is 1.24. The third-order valence-corrected chi connectivity index (χ3v) is 3.89. The van der Waals surface area contributed by atoms with Crippen LogP contribution >= 0.6 is 11.3 Å². The van der Waals surface area contributed by atoms with Gasteiger partial charge >= 0.3 is 6.18 Å². The maximum absolute atomic E-state index is 12.5. The van der Waals surface area contributed by atoms with Gasteiger partial charge in [-0.05, 0) is 18.6 Å². The molecule has 0 saturated carbocycles. The van der Waals surface area contributed by atoms with Gasteiger partial charge in [-0.3, -0.25) is 15.2 Å². The number of carbonyl (C=O) groups is 1. The van der Waals surface area contributed by atoms with Crippen LogP contribution in [0.25, 0.3) is 10.2 Å². The Balaban J connectivity index is 1.84. The molecule has 2 aromatic heterocycles. The number of amides is 1. The lowest BCUT2D eigenvalue weighted by Crippen LogP contribution is -2.12. The summed E-state index contributed by atoms with van der Waals surface area (Å²) in [5.41, 5.74) is 0.287. The van der Waals surface area contributed by atoms with Crippen LogP contribution < -0.4 is 5.32 Å². The van der Waals surface area contributed by atoms with Crippen LogP contribution in [-0.2, 0) is 6.18 Å². The van der Waals surface area contributed by atoms with E-state index in [4.69, 9.17) is 0 Å². The average Bonchev–Trinajstić information content (AvgIpc) is 3.04. The quantitative estimate of drug-likeness (QED) is 0.756. The van der Waals surface area contributed by atoms with Crippen molar-refractivity contribution in [1.82, 2.24) is 15.2 Å². The van der Waals surface area contributed by atoms with E-state index in [1.807, 2.05) is 25.1 Å². The summed E-state index contributed by atoms with van der Waals surface area (Å²) in [5.74, 6) is -0.747. The molecule has 0 unspecified atom stereocenters. The SMILES string of the molecule is Cc1cccc2sc(NC(=O)c3cc(C(F)(F)F)[nH]n3)nc12. The van der Waals surface area contributed by atoms with E-state index in [1.165, 1.54) is 11.3 Å². The van der Waals surface area contributed by atoms with Gasteiger partial charge in [0.1, 0.15) is 5.69 Å². The molecule has 0 aliphatic carbocycles. The first-order valence-corrected chi connectivity index (χ1v) is 6.96. The van der Waals surface area contributed by atoms with Crippen LogP contribution in [0, 0.1) is 6.92 Å². The topological polar surface area (TPSA) is 70.7 Å². The van der Waals surface area contributed by atoms with Crippen molar-refractivity contribution < 1.29 is 18.0 Å². The number of para-hydroxylation sites is 1. The van der Waals surface area contributed by atoms with Crippen molar-refractivity contribution >= 4 is 32.6 Å². The number of hydrogen-bond donors (Lipinski definition) is 2. The number of hydrogen-bond acceptors (Lipinski definition) is 4. The van der Waals surface area contributed by atoms with Gasteiger partial charge in [-0.15, -0.1) is 0 Å². The fraction of sp³-hybridized carbons (Fsp3) is 0.154. The molecule has 0 aliphatic rings. The lowest BCUT2D eigenvalue weighted by atomic mass is 10.2. The Morgan fingerprint density at radius 1 is 1.36 bits per heavy atom. The Hall–Kier alpha value is -2.42. The minimum Gasteiger partial charge on any atom is -0.296 e. The number of benzene rings is 1. The summed E-state index contributed by atoms with van der Waals surface area (Å²) in [6.07, 6.45) is -4.57. The Bertz CT molecular complexity index is 852. The molecule has 0 bridgehead atoms. The Labute approximate surface area is 126 Å². The predicted molar refractivity (Wildman–Crippen MR) is 75.9 cm³/mol. The van der Waals surface area contributed by atoms with E-state index in [0.717, 1.165) is 15.8 Å². The van der Waals surface area contributed by atoms with Gasteiger partial charge in [0.25, 0.3) is 5.91 Å². The molecular weight excluding hydrogens is 317 g/mol. The van der Waals surface area contributed by atoms with Crippen LogP contribution in [0.1, 0.15) is 21.7 Å². The molecule has 0 aliphatic heterocycles. The minimum atomic E-state index is -4.57. The number of aryl methyl sites for hydroxylation is 1. The molecule has 2 N–H and O–H groups in total. The number of H-pyrrole nitrogens is 1. The van der Waals surface area contributed by atoms with Crippen LogP contribution in [0.3, 0.4) is 0 Å². The number of alkyl halides is 3. The molecule has 0 spiro atoms. The Morgan fingerprint density at radius 3 is 2.77 bits per heavy atom. The van der Waals surface area contributed by atoms with Crippen molar-refractivity contribution in [1.29, 1.82) is 0 Å². The molecule has 3 aromatic rings. The third kappa shape index (κ3) is 2.67. The maximum atomic E-state index is 12.5. The van der Waals surface area contributed by atoms with Gasteiger partial charge in [-0.25, -0.2) is 4.98 Å². The van der Waals surface area contributed by atoms with Crippen molar-refractivity contribution in [3.63, 3.8) is 0 Å². The zero-order valence-corrected chi connectivity index (χ0v) is 12.0. The number of carbonyl (C=O) groups excluding carboxylic acids is 1. The highest BCUT2D eigenvalue weighted by molar-refractivity contribution is 7.22. The molecule has 22 heavy (non-hydrogen) atoms. The largest absolute Gasteiger partial charge is 0.432 e. The Kier molecular flexibility index (Phi) is 3.36. The van der Waals surface area contributed by atoms with Gasteiger partial charge in [0, 0.05) is 6.07 Å². The van der Waals surface area contributed by atoms with Gasteiger partial charge in [0.2, 0.25) is 0 Å². The predicted octanol–water partition coefficient (Wildman–Crippen LogP) is 3.60. The fourth-order valence-electron chi connectivity index (χ4n) is 1.88. The molecule has 114 valence electrons. The molecule has 0 radical (unpaired) electrons. The summed E-state index contributed by atoms with van der Waals surface area (Å²) in [6, 6.07) is 6.27. The lowest BCUT2D eigenvalue weighted by molar-refractivity contribution is -0.141. The third-order valence-electron chi connectivity index (χ3n) is 2.96. The molecule has 1 aromatic carbocycles. The van der Waals surface area contributed by atoms with Crippen LogP contribution in [0.5, 0.6) is 0 Å². The van der Waals surface area contributed by atoms with Crippen LogP contribution in [0.2, 0.25) is 0 Å². The molecule has 1 amide bonds. The van der Waals surface area contributed by atoms with Crippen molar-refractivity contribution in [3.8, 4) is 0 Å². The molecule has 5 nitrogen and oxygen atoms in total. The van der Waals surface area contributed by atoms with Gasteiger partial charge in [-0.2, -0.15) is 18.3 Å². The van der Waals surface area contributed by atoms with E-state index in [-0.39, 0.29) is 5.69 Å². The van der Waals surface area contributed by atoms with Crippen molar-refractivity contribution in [3.05, 3.63) is 41.2 Å². The summed E-state index contributed by atoms with van der Waals surface area (Å²) in [4.78, 5) is 16.2. The first-order valence-electron chi connectivity index (χ1n) is 6.15. The van der Waals surface area contributed by atoms with Crippen LogP contribution in [-0.4, -0.2) is 21.1 Å². The number of aromatic amines is 1. The number of anilines is 1. The molecule has 0 fully saturated rings. The normalized spacial score (nSPS) is 11.8. The molecule has 0 atom stereocenters. The highest BCUT2D eigenvalue weighted by atomic mass is 32.1. The first-order chi connectivity index (χ1) is 10.3. The van der Waals surface area contributed by atoms with Crippen molar-refractivity contribution in [2.45, 2.75) is 13.1 Å². The monoisotopic (exact) mass is 326 g/mol. The van der Waals surface area contributed by atoms with E-state index < -0.39 is 17.8 Å². The second-order valence-corrected chi connectivity index (χ2v) is 5.59. The second kappa shape index (κ2) is 5.09.